The predicted molar refractivity (Wildman–Crippen MR) is 114 cm³/mol. The summed E-state index contributed by atoms with van der Waals surface area (Å²) in [5.41, 5.74) is 5.62. The summed E-state index contributed by atoms with van der Waals surface area (Å²) >= 11 is 0. The minimum absolute atomic E-state index is 0.144. The fourth-order valence-corrected chi connectivity index (χ4v) is 4.10. The van der Waals surface area contributed by atoms with Gasteiger partial charge in [-0.3, -0.25) is 0 Å². The molecule has 0 unspecified atom stereocenters. The second kappa shape index (κ2) is 7.75. The van der Waals surface area contributed by atoms with Gasteiger partial charge in [0.2, 0.25) is 0 Å². The van der Waals surface area contributed by atoms with E-state index in [1.165, 1.54) is 48.6 Å². The molecule has 1 fully saturated rings. The fraction of sp³-hybridized carbons (Fsp3) is 0.240. The highest BCUT2D eigenvalue weighted by molar-refractivity contribution is 5.46. The van der Waals surface area contributed by atoms with Gasteiger partial charge in [-0.25, -0.2) is 15.0 Å². The smallest absolute Gasteiger partial charge is 0.181 e. The molecule has 1 saturated carbocycles. The van der Waals surface area contributed by atoms with Gasteiger partial charge in [0.1, 0.15) is 24.3 Å². The maximum absolute atomic E-state index is 5.97. The molecule has 0 radical (unpaired) electrons. The molecular formula is C25H23N3O2. The third-order valence-electron chi connectivity index (χ3n) is 5.98. The van der Waals surface area contributed by atoms with E-state index in [0.29, 0.717) is 18.1 Å². The lowest BCUT2D eigenvalue weighted by Crippen LogP contribution is -2.35. The third kappa shape index (κ3) is 3.47. The minimum atomic E-state index is 0.144. The molecule has 2 aromatic carbocycles. The number of oxazole rings is 1. The van der Waals surface area contributed by atoms with Crippen LogP contribution >= 0.6 is 0 Å². The molecule has 0 N–H and O–H groups in total. The molecule has 0 saturated heterocycles. The monoisotopic (exact) mass is 397 g/mol. The van der Waals surface area contributed by atoms with Gasteiger partial charge in [0.25, 0.3) is 0 Å². The number of benzene rings is 2. The molecule has 4 aromatic rings. The van der Waals surface area contributed by atoms with E-state index in [1.807, 2.05) is 6.07 Å². The van der Waals surface area contributed by atoms with Gasteiger partial charge in [-0.15, -0.1) is 0 Å². The average Bonchev–Trinajstić information content (AvgIpc) is 3.29. The van der Waals surface area contributed by atoms with Gasteiger partial charge >= 0.3 is 0 Å². The largest absolute Gasteiger partial charge is 0.487 e. The molecule has 2 heterocycles. The Labute approximate surface area is 175 Å². The van der Waals surface area contributed by atoms with E-state index in [9.17, 15) is 0 Å². The standard InChI is InChI=1S/C25H23N3O2/c1-18-3-5-19(6-4-18)25(12-2-13-25)20-7-9-22(10-8-20)30-15-21-11-14-26-24(28-21)23-16-29-17-27-23/h3-11,14,16-17H,2,12-13,15H2,1H3. The average molecular weight is 397 g/mol. The van der Waals surface area contributed by atoms with Crippen molar-refractivity contribution in [3.8, 4) is 17.3 Å². The molecule has 30 heavy (non-hydrogen) atoms. The summed E-state index contributed by atoms with van der Waals surface area (Å²) in [5, 5.41) is 0. The van der Waals surface area contributed by atoms with Crippen molar-refractivity contribution in [3.05, 3.63) is 95.8 Å². The Kier molecular flexibility index (Phi) is 4.79. The van der Waals surface area contributed by atoms with Crippen LogP contribution in [0.1, 0.15) is 41.6 Å². The first-order valence-electron chi connectivity index (χ1n) is 10.2. The molecule has 0 amide bonds. The molecule has 5 heteroatoms. The zero-order valence-electron chi connectivity index (χ0n) is 16.9. The summed E-state index contributed by atoms with van der Waals surface area (Å²) < 4.78 is 11.0. The molecule has 1 aliphatic rings. The Morgan fingerprint density at radius 1 is 0.933 bits per heavy atom. The number of nitrogens with zero attached hydrogens (tertiary/aromatic N) is 3. The minimum Gasteiger partial charge on any atom is -0.487 e. The van der Waals surface area contributed by atoms with Crippen molar-refractivity contribution in [2.75, 3.05) is 0 Å². The summed E-state index contributed by atoms with van der Waals surface area (Å²) in [4.78, 5) is 12.8. The molecule has 5 nitrogen and oxygen atoms in total. The normalized spacial score (nSPS) is 14.8. The molecule has 0 bridgehead atoms. The van der Waals surface area contributed by atoms with Crippen molar-refractivity contribution < 1.29 is 9.15 Å². The summed E-state index contributed by atoms with van der Waals surface area (Å²) in [6.45, 7) is 2.51. The first kappa shape index (κ1) is 18.6. The summed E-state index contributed by atoms with van der Waals surface area (Å²) in [6.07, 6.45) is 8.27. The molecule has 2 aromatic heterocycles. The third-order valence-corrected chi connectivity index (χ3v) is 5.98. The van der Waals surface area contributed by atoms with Crippen molar-refractivity contribution >= 4 is 0 Å². The van der Waals surface area contributed by atoms with Crippen LogP contribution in [-0.4, -0.2) is 15.0 Å². The van der Waals surface area contributed by atoms with Crippen molar-refractivity contribution in [2.45, 2.75) is 38.2 Å². The predicted octanol–water partition coefficient (Wildman–Crippen LogP) is 5.49. The van der Waals surface area contributed by atoms with Crippen LogP contribution in [0.25, 0.3) is 11.5 Å². The van der Waals surface area contributed by atoms with E-state index in [-0.39, 0.29) is 5.41 Å². The Morgan fingerprint density at radius 2 is 1.67 bits per heavy atom. The molecular weight excluding hydrogens is 374 g/mol. The topological polar surface area (TPSA) is 61.0 Å². The first-order chi connectivity index (χ1) is 14.7. The Balaban J connectivity index is 1.30. The number of hydrogen-bond acceptors (Lipinski definition) is 5. The second-order valence-electron chi connectivity index (χ2n) is 7.86. The number of aromatic nitrogens is 3. The van der Waals surface area contributed by atoms with Crippen molar-refractivity contribution in [1.29, 1.82) is 0 Å². The molecule has 0 spiro atoms. The number of ether oxygens (including phenoxy) is 1. The maximum Gasteiger partial charge on any atom is 0.181 e. The molecule has 5 rings (SSSR count). The van der Waals surface area contributed by atoms with Gasteiger partial charge < -0.3 is 9.15 Å². The van der Waals surface area contributed by atoms with Crippen LogP contribution in [0.5, 0.6) is 5.75 Å². The van der Waals surface area contributed by atoms with Crippen molar-refractivity contribution in [1.82, 2.24) is 15.0 Å². The fourth-order valence-electron chi connectivity index (χ4n) is 4.10. The Bertz CT molecular complexity index is 1120. The maximum atomic E-state index is 5.97. The summed E-state index contributed by atoms with van der Waals surface area (Å²) in [7, 11) is 0. The Hall–Kier alpha value is -3.47. The highest BCUT2D eigenvalue weighted by Crippen LogP contribution is 2.49. The Morgan fingerprint density at radius 3 is 2.30 bits per heavy atom. The van der Waals surface area contributed by atoms with Crippen molar-refractivity contribution in [3.63, 3.8) is 0 Å². The van der Waals surface area contributed by atoms with Crippen LogP contribution < -0.4 is 4.74 Å². The quantitative estimate of drug-likeness (QED) is 0.431. The van der Waals surface area contributed by atoms with E-state index >= 15 is 0 Å². The van der Waals surface area contributed by atoms with Gasteiger partial charge in [0.05, 0.1) is 5.69 Å². The van der Waals surface area contributed by atoms with E-state index in [1.54, 1.807) is 6.20 Å². The SMILES string of the molecule is Cc1ccc(C2(c3ccc(OCc4ccnc(-c5cocn5)n4)cc3)CCC2)cc1. The summed E-state index contributed by atoms with van der Waals surface area (Å²) in [5.74, 6) is 1.36. The van der Waals surface area contributed by atoms with Gasteiger partial charge in [-0.2, -0.15) is 0 Å². The zero-order valence-corrected chi connectivity index (χ0v) is 16.9. The molecule has 150 valence electrons. The van der Waals surface area contributed by atoms with E-state index < -0.39 is 0 Å². The highest BCUT2D eigenvalue weighted by atomic mass is 16.5. The van der Waals surface area contributed by atoms with Gasteiger partial charge in [-0.1, -0.05) is 48.4 Å². The van der Waals surface area contributed by atoms with E-state index in [0.717, 1.165) is 11.4 Å². The number of rotatable bonds is 6. The number of aryl methyl sites for hydroxylation is 1. The van der Waals surface area contributed by atoms with E-state index in [4.69, 9.17) is 9.15 Å². The van der Waals surface area contributed by atoms with Gasteiger partial charge in [-0.05, 0) is 49.1 Å². The molecule has 1 aliphatic carbocycles. The van der Waals surface area contributed by atoms with Crippen LogP contribution in [0.4, 0.5) is 0 Å². The number of hydrogen-bond donors (Lipinski definition) is 0. The van der Waals surface area contributed by atoms with Gasteiger partial charge in [0, 0.05) is 11.6 Å². The molecule has 0 atom stereocenters. The van der Waals surface area contributed by atoms with Crippen LogP contribution in [0.15, 0.2) is 77.9 Å². The van der Waals surface area contributed by atoms with Crippen molar-refractivity contribution in [2.24, 2.45) is 0 Å². The lowest BCUT2D eigenvalue weighted by Gasteiger charge is -2.43. The van der Waals surface area contributed by atoms with Crippen LogP contribution in [0.2, 0.25) is 0 Å². The van der Waals surface area contributed by atoms with Crippen LogP contribution in [-0.2, 0) is 12.0 Å². The summed E-state index contributed by atoms with van der Waals surface area (Å²) in [6, 6.07) is 19.3. The highest BCUT2D eigenvalue weighted by Gasteiger charge is 2.40. The van der Waals surface area contributed by atoms with Gasteiger partial charge in [0.15, 0.2) is 12.2 Å². The lowest BCUT2D eigenvalue weighted by molar-refractivity contribution is 0.294. The first-order valence-corrected chi connectivity index (χ1v) is 10.2. The zero-order chi connectivity index (χ0) is 20.4. The molecule has 0 aliphatic heterocycles. The second-order valence-corrected chi connectivity index (χ2v) is 7.86. The van der Waals surface area contributed by atoms with Crippen LogP contribution in [0, 0.1) is 6.92 Å². The lowest BCUT2D eigenvalue weighted by atomic mass is 9.60. The van der Waals surface area contributed by atoms with Crippen LogP contribution in [0.3, 0.4) is 0 Å². The van der Waals surface area contributed by atoms with E-state index in [2.05, 4.69) is 70.4 Å².